The van der Waals surface area contributed by atoms with Crippen LogP contribution in [-0.2, 0) is 15.1 Å². The molecule has 0 aromatic carbocycles. The van der Waals surface area contributed by atoms with Crippen LogP contribution in [0.25, 0.3) is 0 Å². The molecule has 0 saturated heterocycles. The minimum Gasteiger partial charge on any atom is -0.466 e. The Kier molecular flexibility index (Phi) is 4.90. The zero-order valence-electron chi connectivity index (χ0n) is 12.8. The zero-order valence-corrected chi connectivity index (χ0v) is 15.2. The Bertz CT molecular complexity index is 537. The van der Waals surface area contributed by atoms with Crippen molar-refractivity contribution in [2.24, 2.45) is 17.8 Å². The first kappa shape index (κ1) is 16.4. The van der Waals surface area contributed by atoms with Crippen molar-refractivity contribution in [1.29, 1.82) is 0 Å². The molecule has 2 aliphatic carbocycles. The summed E-state index contributed by atoms with van der Waals surface area (Å²) < 4.78 is 6.09. The Balaban J connectivity index is 1.71. The molecule has 0 spiro atoms. The van der Waals surface area contributed by atoms with Gasteiger partial charge in [-0.05, 0) is 73.2 Å². The van der Waals surface area contributed by atoms with Gasteiger partial charge in [0.2, 0.25) is 0 Å². The first-order valence-electron chi connectivity index (χ1n) is 8.06. The van der Waals surface area contributed by atoms with Gasteiger partial charge in [0.25, 0.3) is 0 Å². The molecular formula is C16H22BrNO3S. The average molecular weight is 388 g/mol. The number of carbonyl (C=O) groups excluding carboxylic acids is 1. The highest BCUT2D eigenvalue weighted by atomic mass is 79.9. The van der Waals surface area contributed by atoms with E-state index in [0.717, 1.165) is 47.3 Å². The van der Waals surface area contributed by atoms with Crippen LogP contribution < -0.4 is 0 Å². The maximum atomic E-state index is 11.9. The number of aliphatic hydroxyl groups is 1. The van der Waals surface area contributed by atoms with Crippen LogP contribution in [0, 0.1) is 17.8 Å². The van der Waals surface area contributed by atoms with Crippen LogP contribution in [0.4, 0.5) is 0 Å². The molecule has 1 heterocycles. The molecule has 0 bridgehead atoms. The quantitative estimate of drug-likeness (QED) is 0.778. The second-order valence-corrected chi connectivity index (χ2v) is 8.78. The first-order chi connectivity index (χ1) is 10.6. The van der Waals surface area contributed by atoms with Crippen molar-refractivity contribution < 1.29 is 14.6 Å². The van der Waals surface area contributed by atoms with Gasteiger partial charge in [0.1, 0.15) is 10.6 Å². The van der Waals surface area contributed by atoms with Crippen LogP contribution >= 0.6 is 27.3 Å². The lowest BCUT2D eigenvalue weighted by Crippen LogP contribution is -2.40. The zero-order chi connectivity index (χ0) is 15.7. The van der Waals surface area contributed by atoms with Gasteiger partial charge < -0.3 is 9.84 Å². The number of esters is 1. The molecule has 0 radical (unpaired) electrons. The Morgan fingerprint density at radius 1 is 1.36 bits per heavy atom. The summed E-state index contributed by atoms with van der Waals surface area (Å²) in [6, 6.07) is 0. The highest BCUT2D eigenvalue weighted by molar-refractivity contribution is 9.11. The second-order valence-electron chi connectivity index (χ2n) is 6.37. The number of thiazole rings is 1. The van der Waals surface area contributed by atoms with Gasteiger partial charge in [0.05, 0.1) is 22.5 Å². The number of hydrogen-bond acceptors (Lipinski definition) is 5. The molecule has 1 unspecified atom stereocenters. The summed E-state index contributed by atoms with van der Waals surface area (Å²) in [6.45, 7) is 2.29. The molecule has 0 amide bonds. The maximum Gasteiger partial charge on any atom is 0.308 e. The van der Waals surface area contributed by atoms with Crippen molar-refractivity contribution in [3.8, 4) is 0 Å². The highest BCUT2D eigenvalue weighted by Crippen LogP contribution is 2.54. The molecule has 1 atom stereocenters. The van der Waals surface area contributed by atoms with E-state index in [9.17, 15) is 9.90 Å². The summed E-state index contributed by atoms with van der Waals surface area (Å²) in [5.74, 6) is 0.453. The van der Waals surface area contributed by atoms with E-state index < -0.39 is 5.60 Å². The number of hydrogen-bond donors (Lipinski definition) is 1. The predicted molar refractivity (Wildman–Crippen MR) is 88.5 cm³/mol. The first-order valence-corrected chi connectivity index (χ1v) is 9.67. The molecule has 122 valence electrons. The number of rotatable bonds is 5. The fourth-order valence-electron chi connectivity index (χ4n) is 3.67. The lowest BCUT2D eigenvalue weighted by Gasteiger charge is -2.39. The number of nitrogens with zero attached hydrogens (tertiary/aromatic N) is 1. The van der Waals surface area contributed by atoms with Gasteiger partial charge in [0, 0.05) is 0 Å². The van der Waals surface area contributed by atoms with E-state index in [-0.39, 0.29) is 17.8 Å². The molecule has 1 N–H and O–H groups in total. The third kappa shape index (κ3) is 3.10. The summed E-state index contributed by atoms with van der Waals surface area (Å²) in [6.07, 6.45) is 7.28. The summed E-state index contributed by atoms with van der Waals surface area (Å²) in [7, 11) is 0. The number of ether oxygens (including phenoxy) is 1. The van der Waals surface area contributed by atoms with Crippen LogP contribution in [0.15, 0.2) is 9.98 Å². The molecule has 22 heavy (non-hydrogen) atoms. The Morgan fingerprint density at radius 2 is 1.95 bits per heavy atom. The molecule has 1 aromatic rings. The topological polar surface area (TPSA) is 59.4 Å². The number of carbonyl (C=O) groups is 1. The van der Waals surface area contributed by atoms with E-state index in [0.29, 0.717) is 12.5 Å². The SMILES string of the molecule is CCOC(=O)C1CCC(C(O)(c2ncc(Br)s2)C2CC2)CC1. The second kappa shape index (κ2) is 6.57. The van der Waals surface area contributed by atoms with Crippen LogP contribution in [0.1, 0.15) is 50.5 Å². The average Bonchev–Trinajstić information content (AvgIpc) is 3.29. The van der Waals surface area contributed by atoms with E-state index in [1.54, 1.807) is 6.20 Å². The van der Waals surface area contributed by atoms with E-state index in [1.165, 1.54) is 11.3 Å². The van der Waals surface area contributed by atoms with Crippen LogP contribution in [-0.4, -0.2) is 22.7 Å². The minimum absolute atomic E-state index is 0.00249. The molecule has 2 fully saturated rings. The normalized spacial score (nSPS) is 28.1. The van der Waals surface area contributed by atoms with E-state index in [1.807, 2.05) is 6.92 Å². The third-order valence-corrected chi connectivity index (χ3v) is 6.61. The predicted octanol–water partition coefficient (Wildman–Crippen LogP) is 3.87. The smallest absolute Gasteiger partial charge is 0.308 e. The van der Waals surface area contributed by atoms with Crippen molar-refractivity contribution in [2.45, 2.75) is 51.0 Å². The summed E-state index contributed by atoms with van der Waals surface area (Å²) in [5.41, 5.74) is -0.809. The Labute approximate surface area is 143 Å². The maximum absolute atomic E-state index is 11.9. The molecule has 2 aliphatic rings. The fourth-order valence-corrected chi connectivity index (χ4v) is 5.13. The monoisotopic (exact) mass is 387 g/mol. The number of halogens is 1. The van der Waals surface area contributed by atoms with Crippen LogP contribution in [0.2, 0.25) is 0 Å². The van der Waals surface area contributed by atoms with Gasteiger partial charge in [-0.1, -0.05) is 0 Å². The Hall–Kier alpha value is -0.460. The van der Waals surface area contributed by atoms with Gasteiger partial charge >= 0.3 is 5.97 Å². The van der Waals surface area contributed by atoms with Crippen molar-refractivity contribution >= 4 is 33.2 Å². The lowest BCUT2D eigenvalue weighted by molar-refractivity contribution is -0.151. The van der Waals surface area contributed by atoms with Crippen LogP contribution in [0.3, 0.4) is 0 Å². The van der Waals surface area contributed by atoms with Crippen molar-refractivity contribution in [3.63, 3.8) is 0 Å². The van der Waals surface area contributed by atoms with Gasteiger partial charge in [-0.2, -0.15) is 0 Å². The Morgan fingerprint density at radius 3 is 2.41 bits per heavy atom. The summed E-state index contributed by atoms with van der Waals surface area (Å²) in [5, 5.41) is 12.2. The molecule has 6 heteroatoms. The van der Waals surface area contributed by atoms with Crippen molar-refractivity contribution in [1.82, 2.24) is 4.98 Å². The molecule has 3 rings (SSSR count). The fraction of sp³-hybridized carbons (Fsp3) is 0.750. The van der Waals surface area contributed by atoms with Gasteiger partial charge in [-0.25, -0.2) is 4.98 Å². The van der Waals surface area contributed by atoms with Crippen molar-refractivity contribution in [3.05, 3.63) is 15.0 Å². The highest BCUT2D eigenvalue weighted by Gasteiger charge is 2.53. The molecule has 1 aromatic heterocycles. The largest absolute Gasteiger partial charge is 0.466 e. The molecule has 4 nitrogen and oxygen atoms in total. The molecule has 0 aliphatic heterocycles. The van der Waals surface area contributed by atoms with Crippen LogP contribution in [0.5, 0.6) is 0 Å². The van der Waals surface area contributed by atoms with E-state index >= 15 is 0 Å². The summed E-state index contributed by atoms with van der Waals surface area (Å²) in [4.78, 5) is 16.3. The van der Waals surface area contributed by atoms with Gasteiger partial charge in [-0.15, -0.1) is 11.3 Å². The van der Waals surface area contributed by atoms with Gasteiger partial charge in [0.15, 0.2) is 0 Å². The lowest BCUT2D eigenvalue weighted by atomic mass is 9.71. The minimum atomic E-state index is -0.809. The molecule has 2 saturated carbocycles. The standard InChI is InChI=1S/C16H22BrNO3S/c1-2-21-14(19)10-3-5-11(6-4-10)16(20,12-7-8-12)15-18-9-13(17)22-15/h9-12,20H,2-8H2,1H3. The summed E-state index contributed by atoms with van der Waals surface area (Å²) >= 11 is 4.98. The number of aromatic nitrogens is 1. The van der Waals surface area contributed by atoms with Crippen molar-refractivity contribution in [2.75, 3.05) is 6.61 Å². The van der Waals surface area contributed by atoms with E-state index in [2.05, 4.69) is 20.9 Å². The molecular weight excluding hydrogens is 366 g/mol. The third-order valence-electron chi connectivity index (χ3n) is 4.99. The van der Waals surface area contributed by atoms with E-state index in [4.69, 9.17) is 4.74 Å². The van der Waals surface area contributed by atoms with Gasteiger partial charge in [-0.3, -0.25) is 4.79 Å².